The van der Waals surface area contributed by atoms with Crippen molar-refractivity contribution in [2.45, 2.75) is 32.1 Å². The molecule has 0 radical (unpaired) electrons. The second kappa shape index (κ2) is 5.49. The van der Waals surface area contributed by atoms with Gasteiger partial charge in [0.2, 0.25) is 0 Å². The number of aryl methyl sites for hydroxylation is 1. The molecule has 2 atom stereocenters. The maximum Gasteiger partial charge on any atom is 0.126 e. The van der Waals surface area contributed by atoms with E-state index in [-0.39, 0.29) is 11.9 Å². The summed E-state index contributed by atoms with van der Waals surface area (Å²) in [5.74, 6) is 0.959. The number of nitrogens with zero attached hydrogens (tertiary/aromatic N) is 1. The van der Waals surface area contributed by atoms with Crippen molar-refractivity contribution in [3.8, 4) is 0 Å². The molecule has 0 bridgehead atoms. The van der Waals surface area contributed by atoms with E-state index in [1.165, 1.54) is 0 Å². The Morgan fingerprint density at radius 1 is 1.50 bits per heavy atom. The van der Waals surface area contributed by atoms with E-state index in [1.807, 2.05) is 31.7 Å². The minimum absolute atomic E-state index is 0.139. The van der Waals surface area contributed by atoms with Crippen molar-refractivity contribution in [1.29, 1.82) is 0 Å². The number of anilines is 1. The lowest BCUT2D eigenvalue weighted by Gasteiger charge is -2.34. The SMILES string of the molecule is Cc1cc(N2CCSC(C)C2)c(C(C)N)cc1F. The van der Waals surface area contributed by atoms with Gasteiger partial charge < -0.3 is 10.6 Å². The van der Waals surface area contributed by atoms with Gasteiger partial charge in [-0.3, -0.25) is 0 Å². The highest BCUT2D eigenvalue weighted by Gasteiger charge is 2.21. The number of halogens is 1. The van der Waals surface area contributed by atoms with E-state index in [0.29, 0.717) is 10.8 Å². The topological polar surface area (TPSA) is 29.3 Å². The summed E-state index contributed by atoms with van der Waals surface area (Å²) in [5, 5.41) is 0.616. The Morgan fingerprint density at radius 2 is 2.22 bits per heavy atom. The van der Waals surface area contributed by atoms with Crippen LogP contribution < -0.4 is 10.6 Å². The fourth-order valence-corrected chi connectivity index (χ4v) is 3.37. The molecule has 0 aromatic heterocycles. The molecule has 1 fully saturated rings. The second-order valence-corrected chi connectivity index (χ2v) is 6.62. The lowest BCUT2D eigenvalue weighted by atomic mass is 10.0. The molecule has 1 saturated heterocycles. The number of hydrogen-bond donors (Lipinski definition) is 1. The number of benzene rings is 1. The zero-order chi connectivity index (χ0) is 13.3. The van der Waals surface area contributed by atoms with Crippen molar-refractivity contribution >= 4 is 17.4 Å². The van der Waals surface area contributed by atoms with Crippen molar-refractivity contribution in [2.24, 2.45) is 5.73 Å². The van der Waals surface area contributed by atoms with E-state index in [0.717, 1.165) is 30.1 Å². The lowest BCUT2D eigenvalue weighted by Crippen LogP contribution is -2.37. The van der Waals surface area contributed by atoms with E-state index in [2.05, 4.69) is 11.8 Å². The summed E-state index contributed by atoms with van der Waals surface area (Å²) in [4.78, 5) is 2.34. The van der Waals surface area contributed by atoms with Crippen LogP contribution in [0.2, 0.25) is 0 Å². The highest BCUT2D eigenvalue weighted by Crippen LogP contribution is 2.31. The molecule has 18 heavy (non-hydrogen) atoms. The van der Waals surface area contributed by atoms with Gasteiger partial charge in [-0.15, -0.1) is 0 Å². The van der Waals surface area contributed by atoms with Gasteiger partial charge in [0, 0.05) is 35.8 Å². The van der Waals surface area contributed by atoms with Crippen molar-refractivity contribution in [3.63, 3.8) is 0 Å². The van der Waals surface area contributed by atoms with Crippen molar-refractivity contribution in [3.05, 3.63) is 29.1 Å². The van der Waals surface area contributed by atoms with Crippen LogP contribution in [-0.2, 0) is 0 Å². The number of thioether (sulfide) groups is 1. The summed E-state index contributed by atoms with van der Waals surface area (Å²) in [6.07, 6.45) is 0. The molecule has 1 aromatic carbocycles. The maximum atomic E-state index is 13.7. The van der Waals surface area contributed by atoms with Crippen LogP contribution in [0, 0.1) is 12.7 Å². The largest absolute Gasteiger partial charge is 0.369 e. The molecule has 0 spiro atoms. The van der Waals surface area contributed by atoms with E-state index in [1.54, 1.807) is 6.07 Å². The molecule has 2 nitrogen and oxygen atoms in total. The molecule has 0 aliphatic carbocycles. The van der Waals surface area contributed by atoms with Crippen LogP contribution in [0.3, 0.4) is 0 Å². The molecular formula is C14H21FN2S. The Bertz CT molecular complexity index is 434. The van der Waals surface area contributed by atoms with Gasteiger partial charge >= 0.3 is 0 Å². The quantitative estimate of drug-likeness (QED) is 0.893. The van der Waals surface area contributed by atoms with Crippen LogP contribution in [0.15, 0.2) is 12.1 Å². The molecule has 1 aliphatic heterocycles. The average molecular weight is 268 g/mol. The standard InChI is InChI=1S/C14H21FN2S/c1-9-6-14(12(11(3)16)7-13(9)15)17-4-5-18-10(2)8-17/h6-7,10-11H,4-5,8,16H2,1-3H3. The molecule has 2 unspecified atom stereocenters. The van der Waals surface area contributed by atoms with Crippen LogP contribution in [0.25, 0.3) is 0 Å². The second-order valence-electron chi connectivity index (χ2n) is 5.08. The Hall–Kier alpha value is -0.740. The van der Waals surface area contributed by atoms with Crippen LogP contribution in [0.4, 0.5) is 10.1 Å². The number of nitrogens with two attached hydrogens (primary N) is 1. The Labute approximate surface area is 113 Å². The van der Waals surface area contributed by atoms with Crippen molar-refractivity contribution in [1.82, 2.24) is 0 Å². The fourth-order valence-electron chi connectivity index (χ4n) is 2.36. The zero-order valence-corrected chi connectivity index (χ0v) is 12.1. The third-order valence-corrected chi connectivity index (χ3v) is 4.52. The first-order chi connectivity index (χ1) is 8.49. The van der Waals surface area contributed by atoms with Crippen LogP contribution in [0.1, 0.15) is 31.0 Å². The summed E-state index contributed by atoms with van der Waals surface area (Å²) >= 11 is 1.99. The predicted molar refractivity (Wildman–Crippen MR) is 77.9 cm³/mol. The highest BCUT2D eigenvalue weighted by molar-refractivity contribution is 8.00. The van der Waals surface area contributed by atoms with E-state index >= 15 is 0 Å². The Kier molecular flexibility index (Phi) is 4.17. The van der Waals surface area contributed by atoms with Crippen LogP contribution in [-0.4, -0.2) is 24.1 Å². The molecule has 1 aromatic rings. The third-order valence-electron chi connectivity index (χ3n) is 3.38. The number of rotatable bonds is 2. The first-order valence-electron chi connectivity index (χ1n) is 6.41. The molecule has 0 saturated carbocycles. The summed E-state index contributed by atoms with van der Waals surface area (Å²) in [7, 11) is 0. The zero-order valence-electron chi connectivity index (χ0n) is 11.2. The van der Waals surface area contributed by atoms with E-state index in [4.69, 9.17) is 5.73 Å². The monoisotopic (exact) mass is 268 g/mol. The Morgan fingerprint density at radius 3 is 2.83 bits per heavy atom. The Balaban J connectivity index is 2.38. The molecule has 0 amide bonds. The van der Waals surface area contributed by atoms with Crippen molar-refractivity contribution in [2.75, 3.05) is 23.7 Å². The molecule has 2 N–H and O–H groups in total. The van der Waals surface area contributed by atoms with Gasteiger partial charge in [-0.1, -0.05) is 6.92 Å². The minimum Gasteiger partial charge on any atom is -0.369 e. The third kappa shape index (κ3) is 2.81. The molecular weight excluding hydrogens is 247 g/mol. The molecule has 2 rings (SSSR count). The molecule has 1 aliphatic rings. The summed E-state index contributed by atoms with van der Waals surface area (Å²) < 4.78 is 13.7. The smallest absolute Gasteiger partial charge is 0.126 e. The predicted octanol–water partition coefficient (Wildman–Crippen LogP) is 3.10. The van der Waals surface area contributed by atoms with Gasteiger partial charge in [0.1, 0.15) is 5.82 Å². The van der Waals surface area contributed by atoms with Gasteiger partial charge in [0.05, 0.1) is 0 Å². The minimum atomic E-state index is -0.162. The average Bonchev–Trinajstić information content (AvgIpc) is 2.31. The maximum absolute atomic E-state index is 13.7. The van der Waals surface area contributed by atoms with E-state index in [9.17, 15) is 4.39 Å². The van der Waals surface area contributed by atoms with E-state index < -0.39 is 0 Å². The van der Waals surface area contributed by atoms with Crippen molar-refractivity contribution < 1.29 is 4.39 Å². The highest BCUT2D eigenvalue weighted by atomic mass is 32.2. The molecule has 1 heterocycles. The summed E-state index contributed by atoms with van der Waals surface area (Å²) in [6.45, 7) is 7.98. The van der Waals surface area contributed by atoms with Gasteiger partial charge in [-0.25, -0.2) is 4.39 Å². The van der Waals surface area contributed by atoms with Crippen LogP contribution >= 0.6 is 11.8 Å². The van der Waals surface area contributed by atoms with Gasteiger partial charge in [0.25, 0.3) is 0 Å². The molecule has 100 valence electrons. The molecule has 4 heteroatoms. The first-order valence-corrected chi connectivity index (χ1v) is 7.46. The van der Waals surface area contributed by atoms with Gasteiger partial charge in [0.15, 0.2) is 0 Å². The lowest BCUT2D eigenvalue weighted by molar-refractivity contribution is 0.612. The normalized spacial score (nSPS) is 22.1. The fraction of sp³-hybridized carbons (Fsp3) is 0.571. The van der Waals surface area contributed by atoms with Gasteiger partial charge in [-0.2, -0.15) is 11.8 Å². The summed E-state index contributed by atoms with van der Waals surface area (Å²) in [5.41, 5.74) is 8.69. The first kappa shape index (κ1) is 13.7. The van der Waals surface area contributed by atoms with Gasteiger partial charge in [-0.05, 0) is 37.1 Å². The summed E-state index contributed by atoms with van der Waals surface area (Å²) in [6, 6.07) is 3.40. The number of hydrogen-bond acceptors (Lipinski definition) is 3. The van der Waals surface area contributed by atoms with Crippen LogP contribution in [0.5, 0.6) is 0 Å².